The summed E-state index contributed by atoms with van der Waals surface area (Å²) in [4.78, 5) is 11.6. The van der Waals surface area contributed by atoms with Gasteiger partial charge in [-0.15, -0.1) is 0 Å². The molecule has 4 aromatic rings. The lowest BCUT2D eigenvalue weighted by Crippen LogP contribution is -1.96. The van der Waals surface area contributed by atoms with E-state index in [2.05, 4.69) is 5.10 Å². The van der Waals surface area contributed by atoms with Crippen LogP contribution in [0.25, 0.3) is 16.9 Å². The van der Waals surface area contributed by atoms with Crippen LogP contribution in [0.1, 0.15) is 15.9 Å². The van der Waals surface area contributed by atoms with Crippen LogP contribution in [0.15, 0.2) is 85.1 Å². The van der Waals surface area contributed by atoms with Crippen LogP contribution in [0.2, 0.25) is 0 Å². The van der Waals surface area contributed by atoms with Crippen molar-refractivity contribution in [3.8, 4) is 22.7 Å². The van der Waals surface area contributed by atoms with Gasteiger partial charge in [0.1, 0.15) is 23.9 Å². The van der Waals surface area contributed by atoms with Gasteiger partial charge in [0.05, 0.1) is 11.3 Å². The molecule has 0 aliphatic heterocycles. The van der Waals surface area contributed by atoms with Gasteiger partial charge in [-0.1, -0.05) is 42.5 Å². The molecule has 0 amide bonds. The lowest BCUT2D eigenvalue weighted by atomic mass is 10.1. The zero-order valence-electron chi connectivity index (χ0n) is 15.0. The minimum atomic E-state index is -0.277. The molecule has 1 heterocycles. The van der Waals surface area contributed by atoms with Gasteiger partial charge in [0, 0.05) is 11.8 Å². The van der Waals surface area contributed by atoms with Crippen LogP contribution in [0.3, 0.4) is 0 Å². The quantitative estimate of drug-likeness (QED) is 0.444. The molecule has 0 aliphatic carbocycles. The Balaban J connectivity index is 1.59. The Morgan fingerprint density at radius 2 is 1.75 bits per heavy atom. The number of hydrogen-bond acceptors (Lipinski definition) is 3. The molecule has 0 unspecified atom stereocenters. The summed E-state index contributed by atoms with van der Waals surface area (Å²) in [5.74, 6) is 0.370. The van der Waals surface area contributed by atoms with E-state index in [1.165, 1.54) is 12.1 Å². The van der Waals surface area contributed by atoms with Crippen LogP contribution in [-0.2, 0) is 6.61 Å². The number of aromatic nitrogens is 2. The molecule has 0 N–H and O–H groups in total. The fraction of sp³-hybridized carbons (Fsp3) is 0.0435. The van der Waals surface area contributed by atoms with Crippen molar-refractivity contribution < 1.29 is 13.9 Å². The number of halogens is 1. The van der Waals surface area contributed by atoms with Crippen molar-refractivity contribution >= 4 is 6.29 Å². The molecule has 0 bridgehead atoms. The van der Waals surface area contributed by atoms with Crippen molar-refractivity contribution in [2.24, 2.45) is 0 Å². The lowest BCUT2D eigenvalue weighted by molar-refractivity contribution is 0.112. The summed E-state index contributed by atoms with van der Waals surface area (Å²) in [7, 11) is 0. The molecule has 3 aromatic carbocycles. The van der Waals surface area contributed by atoms with Crippen LogP contribution in [0.4, 0.5) is 4.39 Å². The molecule has 4 nitrogen and oxygen atoms in total. The average Bonchev–Trinajstić information content (AvgIpc) is 3.19. The number of nitrogens with zero attached hydrogens (tertiary/aromatic N) is 2. The maximum Gasteiger partial charge on any atom is 0.153 e. The van der Waals surface area contributed by atoms with Crippen LogP contribution >= 0.6 is 0 Å². The SMILES string of the molecule is O=Cc1cn(-c2ccccc2)nc1-c1cccc(OCc2ccc(F)cc2)c1. The van der Waals surface area contributed by atoms with Gasteiger partial charge in [-0.3, -0.25) is 4.79 Å². The zero-order chi connectivity index (χ0) is 19.3. The number of rotatable bonds is 6. The van der Waals surface area contributed by atoms with E-state index >= 15 is 0 Å². The first kappa shape index (κ1) is 17.7. The van der Waals surface area contributed by atoms with Crippen molar-refractivity contribution in [1.29, 1.82) is 0 Å². The molecule has 0 atom stereocenters. The number of ether oxygens (including phenoxy) is 1. The van der Waals surface area contributed by atoms with E-state index < -0.39 is 0 Å². The Hall–Kier alpha value is -3.73. The van der Waals surface area contributed by atoms with E-state index in [1.807, 2.05) is 54.6 Å². The number of hydrogen-bond donors (Lipinski definition) is 0. The Bertz CT molecular complexity index is 1090. The maximum atomic E-state index is 13.0. The van der Waals surface area contributed by atoms with Crippen molar-refractivity contribution in [2.75, 3.05) is 0 Å². The zero-order valence-corrected chi connectivity index (χ0v) is 15.0. The monoisotopic (exact) mass is 372 g/mol. The van der Waals surface area contributed by atoms with Gasteiger partial charge in [0.2, 0.25) is 0 Å². The molecule has 0 saturated heterocycles. The van der Waals surface area contributed by atoms with Crippen molar-refractivity contribution in [2.45, 2.75) is 6.61 Å². The fourth-order valence-corrected chi connectivity index (χ4v) is 2.89. The molecule has 4 rings (SSSR count). The molecule has 0 fully saturated rings. The van der Waals surface area contributed by atoms with Crippen molar-refractivity contribution in [3.05, 3.63) is 102 Å². The standard InChI is InChI=1S/C23H17FN2O2/c24-20-11-9-17(10-12-20)16-28-22-8-4-5-18(13-22)23-19(15-27)14-26(25-23)21-6-2-1-3-7-21/h1-15H,16H2. The summed E-state index contributed by atoms with van der Waals surface area (Å²) in [6.07, 6.45) is 2.51. The highest BCUT2D eigenvalue weighted by Gasteiger charge is 2.12. The molecular formula is C23H17FN2O2. The van der Waals surface area contributed by atoms with Crippen molar-refractivity contribution in [3.63, 3.8) is 0 Å². The lowest BCUT2D eigenvalue weighted by Gasteiger charge is -2.08. The highest BCUT2D eigenvalue weighted by molar-refractivity contribution is 5.85. The first-order valence-electron chi connectivity index (χ1n) is 8.81. The Morgan fingerprint density at radius 3 is 2.50 bits per heavy atom. The summed E-state index contributed by atoms with van der Waals surface area (Å²) in [6, 6.07) is 23.2. The molecular weight excluding hydrogens is 355 g/mol. The normalized spacial score (nSPS) is 10.6. The molecule has 28 heavy (non-hydrogen) atoms. The van der Waals surface area contributed by atoms with Gasteiger partial charge >= 0.3 is 0 Å². The molecule has 0 aliphatic rings. The van der Waals surface area contributed by atoms with E-state index in [0.29, 0.717) is 23.6 Å². The smallest absolute Gasteiger partial charge is 0.153 e. The van der Waals surface area contributed by atoms with Crippen LogP contribution in [-0.4, -0.2) is 16.1 Å². The van der Waals surface area contributed by atoms with Crippen LogP contribution in [0, 0.1) is 5.82 Å². The molecule has 5 heteroatoms. The molecule has 138 valence electrons. The second-order valence-corrected chi connectivity index (χ2v) is 6.27. The molecule has 0 saturated carbocycles. The highest BCUT2D eigenvalue weighted by Crippen LogP contribution is 2.26. The number of benzene rings is 3. The maximum absolute atomic E-state index is 13.0. The second kappa shape index (κ2) is 7.88. The third kappa shape index (κ3) is 3.83. The summed E-state index contributed by atoms with van der Waals surface area (Å²) in [5.41, 5.74) is 3.62. The first-order valence-corrected chi connectivity index (χ1v) is 8.81. The summed E-state index contributed by atoms with van der Waals surface area (Å²) < 4.78 is 20.5. The third-order valence-electron chi connectivity index (χ3n) is 4.32. The van der Waals surface area contributed by atoms with Gasteiger partial charge in [0.25, 0.3) is 0 Å². The van der Waals surface area contributed by atoms with Crippen LogP contribution < -0.4 is 4.74 Å². The van der Waals surface area contributed by atoms with Gasteiger partial charge in [-0.05, 0) is 42.0 Å². The molecule has 0 radical (unpaired) electrons. The average molecular weight is 372 g/mol. The first-order chi connectivity index (χ1) is 13.7. The Morgan fingerprint density at radius 1 is 0.964 bits per heavy atom. The van der Waals surface area contributed by atoms with Crippen LogP contribution in [0.5, 0.6) is 5.75 Å². The van der Waals surface area contributed by atoms with E-state index in [-0.39, 0.29) is 5.82 Å². The summed E-state index contributed by atoms with van der Waals surface area (Å²) in [5, 5.41) is 4.58. The summed E-state index contributed by atoms with van der Waals surface area (Å²) in [6.45, 7) is 0.322. The summed E-state index contributed by atoms with van der Waals surface area (Å²) >= 11 is 0. The minimum Gasteiger partial charge on any atom is -0.489 e. The number of carbonyl (C=O) groups is 1. The number of para-hydroxylation sites is 1. The van der Waals surface area contributed by atoms with Crippen molar-refractivity contribution in [1.82, 2.24) is 9.78 Å². The highest BCUT2D eigenvalue weighted by atomic mass is 19.1. The fourth-order valence-electron chi connectivity index (χ4n) is 2.89. The largest absolute Gasteiger partial charge is 0.489 e. The predicted octanol–water partition coefficient (Wildman–Crippen LogP) is 5.07. The molecule has 0 spiro atoms. The van der Waals surface area contributed by atoms with Gasteiger partial charge in [-0.2, -0.15) is 5.10 Å². The topological polar surface area (TPSA) is 44.1 Å². The van der Waals surface area contributed by atoms with Gasteiger partial charge < -0.3 is 4.74 Å². The number of aldehydes is 1. The van der Waals surface area contributed by atoms with E-state index in [0.717, 1.165) is 23.1 Å². The third-order valence-corrected chi connectivity index (χ3v) is 4.32. The van der Waals surface area contributed by atoms with E-state index in [4.69, 9.17) is 4.74 Å². The Labute approximate surface area is 161 Å². The predicted molar refractivity (Wildman–Crippen MR) is 105 cm³/mol. The minimum absolute atomic E-state index is 0.277. The van der Waals surface area contributed by atoms with Gasteiger partial charge in [-0.25, -0.2) is 9.07 Å². The van der Waals surface area contributed by atoms with Gasteiger partial charge in [0.15, 0.2) is 6.29 Å². The second-order valence-electron chi connectivity index (χ2n) is 6.27. The Kier molecular flexibility index (Phi) is 4.97. The molecule has 1 aromatic heterocycles. The number of carbonyl (C=O) groups excluding carboxylic acids is 1. The van der Waals surface area contributed by atoms with E-state index in [1.54, 1.807) is 23.0 Å². The van der Waals surface area contributed by atoms with E-state index in [9.17, 15) is 9.18 Å².